The molecule has 27 heavy (non-hydrogen) atoms. The fourth-order valence-electron chi connectivity index (χ4n) is 2.97. The van der Waals surface area contributed by atoms with Crippen LogP contribution in [-0.4, -0.2) is 26.6 Å². The molecule has 0 amide bonds. The topological polar surface area (TPSA) is 84.8 Å². The minimum Gasteiger partial charge on any atom is -0.497 e. The van der Waals surface area contributed by atoms with Gasteiger partial charge in [-0.2, -0.15) is 0 Å². The first-order valence-electron chi connectivity index (χ1n) is 8.63. The minimum absolute atomic E-state index is 0.195. The van der Waals surface area contributed by atoms with Gasteiger partial charge in [0, 0.05) is 12.2 Å². The van der Waals surface area contributed by atoms with Gasteiger partial charge in [0.25, 0.3) is 0 Å². The number of hydrogen-bond acceptors (Lipinski definition) is 5. The number of imidazole rings is 1. The van der Waals surface area contributed by atoms with Gasteiger partial charge in [-0.05, 0) is 36.2 Å². The Balaban J connectivity index is 1.62. The number of H-pyrrole nitrogens is 1. The molecule has 136 valence electrons. The maximum absolute atomic E-state index is 12.4. The van der Waals surface area contributed by atoms with Crippen molar-refractivity contribution in [1.29, 1.82) is 0 Å². The number of hydrogen-bond donors (Lipinski definition) is 2. The number of aryl methyl sites for hydroxylation is 2. The lowest BCUT2D eigenvalue weighted by molar-refractivity contribution is 0.415. The number of aromatic amines is 1. The molecule has 0 radical (unpaired) electrons. The summed E-state index contributed by atoms with van der Waals surface area (Å²) in [6, 6.07) is 17.5. The summed E-state index contributed by atoms with van der Waals surface area (Å²) >= 11 is 0. The van der Waals surface area contributed by atoms with E-state index in [9.17, 15) is 4.79 Å². The van der Waals surface area contributed by atoms with Gasteiger partial charge >= 0.3 is 5.69 Å². The van der Waals surface area contributed by atoms with Crippen LogP contribution in [0.3, 0.4) is 0 Å². The van der Waals surface area contributed by atoms with Crippen molar-refractivity contribution in [1.82, 2.24) is 19.5 Å². The van der Waals surface area contributed by atoms with Crippen molar-refractivity contribution in [3.8, 4) is 5.75 Å². The number of anilines is 2. The normalized spacial score (nSPS) is 10.9. The minimum atomic E-state index is -0.195. The molecule has 0 spiro atoms. The number of nitrogens with one attached hydrogen (secondary N) is 2. The molecule has 7 heteroatoms. The van der Waals surface area contributed by atoms with Crippen LogP contribution in [0.25, 0.3) is 11.2 Å². The van der Waals surface area contributed by atoms with Crippen LogP contribution in [-0.2, 0) is 13.0 Å². The average molecular weight is 361 g/mol. The van der Waals surface area contributed by atoms with Gasteiger partial charge in [-0.25, -0.2) is 14.8 Å². The number of rotatable bonds is 6. The van der Waals surface area contributed by atoms with Crippen molar-refractivity contribution >= 4 is 22.7 Å². The summed E-state index contributed by atoms with van der Waals surface area (Å²) in [6.07, 6.45) is 2.21. The Labute approximate surface area is 155 Å². The predicted molar refractivity (Wildman–Crippen MR) is 105 cm³/mol. The van der Waals surface area contributed by atoms with E-state index < -0.39 is 0 Å². The Kier molecular flexibility index (Phi) is 4.57. The fourth-order valence-corrected chi connectivity index (χ4v) is 2.97. The smallest absolute Gasteiger partial charge is 0.327 e. The zero-order valence-corrected chi connectivity index (χ0v) is 14.8. The fraction of sp³-hybridized carbons (Fsp3) is 0.150. The molecule has 0 aliphatic carbocycles. The molecule has 2 aromatic heterocycles. The first kappa shape index (κ1) is 16.8. The van der Waals surface area contributed by atoms with Crippen LogP contribution >= 0.6 is 0 Å². The predicted octanol–water partition coefficient (Wildman–Crippen LogP) is 3.11. The zero-order valence-electron chi connectivity index (χ0n) is 14.8. The van der Waals surface area contributed by atoms with Gasteiger partial charge in [-0.3, -0.25) is 4.57 Å². The van der Waals surface area contributed by atoms with Crippen LogP contribution in [0.4, 0.5) is 11.5 Å². The van der Waals surface area contributed by atoms with Crippen LogP contribution in [0.15, 0.2) is 65.7 Å². The third-order valence-corrected chi connectivity index (χ3v) is 4.38. The summed E-state index contributed by atoms with van der Waals surface area (Å²) in [5, 5.41) is 3.22. The third-order valence-electron chi connectivity index (χ3n) is 4.38. The van der Waals surface area contributed by atoms with Crippen molar-refractivity contribution < 1.29 is 4.74 Å². The molecule has 4 aromatic rings. The van der Waals surface area contributed by atoms with E-state index in [4.69, 9.17) is 4.74 Å². The summed E-state index contributed by atoms with van der Waals surface area (Å²) in [4.78, 5) is 23.9. The van der Waals surface area contributed by atoms with E-state index in [-0.39, 0.29) is 5.69 Å². The summed E-state index contributed by atoms with van der Waals surface area (Å²) in [5.41, 5.74) is 2.99. The highest BCUT2D eigenvalue weighted by molar-refractivity contribution is 5.85. The largest absolute Gasteiger partial charge is 0.497 e. The molecule has 4 rings (SSSR count). The Morgan fingerprint density at radius 3 is 2.59 bits per heavy atom. The highest BCUT2D eigenvalue weighted by Crippen LogP contribution is 2.22. The second kappa shape index (κ2) is 7.33. The monoisotopic (exact) mass is 361 g/mol. The SMILES string of the molecule is COc1ccc(Nc2ncnc3c2[nH]c(=O)n3CCc2ccccc2)cc1. The average Bonchev–Trinajstić information content (AvgIpc) is 3.04. The van der Waals surface area contributed by atoms with Crippen molar-refractivity contribution in [2.24, 2.45) is 0 Å². The van der Waals surface area contributed by atoms with Gasteiger partial charge in [0.1, 0.15) is 17.6 Å². The van der Waals surface area contributed by atoms with E-state index in [1.54, 1.807) is 11.7 Å². The van der Waals surface area contributed by atoms with Gasteiger partial charge in [0.05, 0.1) is 7.11 Å². The number of ether oxygens (including phenoxy) is 1. The van der Waals surface area contributed by atoms with Crippen molar-refractivity contribution in [3.63, 3.8) is 0 Å². The number of aromatic nitrogens is 4. The molecular weight excluding hydrogens is 342 g/mol. The molecule has 7 nitrogen and oxygen atoms in total. The van der Waals surface area contributed by atoms with Gasteiger partial charge in [-0.15, -0.1) is 0 Å². The van der Waals surface area contributed by atoms with Crippen LogP contribution in [0.2, 0.25) is 0 Å². The first-order valence-corrected chi connectivity index (χ1v) is 8.63. The van der Waals surface area contributed by atoms with E-state index in [0.29, 0.717) is 23.5 Å². The van der Waals surface area contributed by atoms with Crippen molar-refractivity contribution in [2.75, 3.05) is 12.4 Å². The number of nitrogens with zero attached hydrogens (tertiary/aromatic N) is 3. The van der Waals surface area contributed by atoms with Gasteiger partial charge < -0.3 is 15.0 Å². The highest BCUT2D eigenvalue weighted by atomic mass is 16.5. The molecule has 0 saturated heterocycles. The summed E-state index contributed by atoms with van der Waals surface area (Å²) in [7, 11) is 1.62. The van der Waals surface area contributed by atoms with E-state index in [1.165, 1.54) is 11.9 Å². The van der Waals surface area contributed by atoms with Crippen LogP contribution in [0.5, 0.6) is 5.75 Å². The molecule has 2 N–H and O–H groups in total. The second-order valence-electron chi connectivity index (χ2n) is 6.09. The lowest BCUT2D eigenvalue weighted by Crippen LogP contribution is -2.18. The summed E-state index contributed by atoms with van der Waals surface area (Å²) in [5.74, 6) is 1.33. The van der Waals surface area contributed by atoms with Crippen LogP contribution in [0, 0.1) is 0 Å². The Hall–Kier alpha value is -3.61. The van der Waals surface area contributed by atoms with Gasteiger partial charge in [0.15, 0.2) is 11.5 Å². The molecule has 0 aliphatic heterocycles. The Morgan fingerprint density at radius 2 is 1.85 bits per heavy atom. The van der Waals surface area contributed by atoms with Crippen LogP contribution < -0.4 is 15.7 Å². The molecule has 0 unspecified atom stereocenters. The van der Waals surface area contributed by atoms with E-state index in [2.05, 4.69) is 20.3 Å². The number of benzene rings is 2. The van der Waals surface area contributed by atoms with Crippen molar-refractivity contribution in [2.45, 2.75) is 13.0 Å². The molecule has 2 heterocycles. The number of methoxy groups -OCH3 is 1. The van der Waals surface area contributed by atoms with Crippen LogP contribution in [0.1, 0.15) is 5.56 Å². The van der Waals surface area contributed by atoms with E-state index >= 15 is 0 Å². The van der Waals surface area contributed by atoms with Crippen molar-refractivity contribution in [3.05, 3.63) is 77.0 Å². The quantitative estimate of drug-likeness (QED) is 0.551. The first-order chi connectivity index (χ1) is 13.2. The second-order valence-corrected chi connectivity index (χ2v) is 6.09. The zero-order chi connectivity index (χ0) is 18.6. The lowest BCUT2D eigenvalue weighted by atomic mass is 10.1. The third kappa shape index (κ3) is 3.52. The maximum Gasteiger partial charge on any atom is 0.327 e. The van der Waals surface area contributed by atoms with Gasteiger partial charge in [-0.1, -0.05) is 30.3 Å². The highest BCUT2D eigenvalue weighted by Gasteiger charge is 2.13. The molecule has 0 saturated carbocycles. The standard InChI is InChI=1S/C20H19N5O2/c1-27-16-9-7-15(8-10-16)23-18-17-19(22-13-21-18)25(20(26)24-17)12-11-14-5-3-2-4-6-14/h2-10,13H,11-12H2,1H3,(H,24,26)(H,21,22,23). The molecule has 0 fully saturated rings. The maximum atomic E-state index is 12.4. The molecule has 0 bridgehead atoms. The number of fused-ring (bicyclic) bond motifs is 1. The molecule has 0 atom stereocenters. The van der Waals surface area contributed by atoms with E-state index in [1.807, 2.05) is 54.6 Å². The van der Waals surface area contributed by atoms with E-state index in [0.717, 1.165) is 17.9 Å². The summed E-state index contributed by atoms with van der Waals surface area (Å²) < 4.78 is 6.81. The Bertz CT molecular complexity index is 1100. The molecule has 2 aromatic carbocycles. The molecule has 0 aliphatic rings. The summed E-state index contributed by atoms with van der Waals surface area (Å²) in [6.45, 7) is 0.543. The molecular formula is C20H19N5O2. The lowest BCUT2D eigenvalue weighted by Gasteiger charge is -2.07. The Morgan fingerprint density at radius 1 is 1.07 bits per heavy atom. The van der Waals surface area contributed by atoms with Gasteiger partial charge in [0.2, 0.25) is 0 Å².